The molecule has 0 aliphatic heterocycles. The molecule has 0 unspecified atom stereocenters. The van der Waals surface area contributed by atoms with Crippen LogP contribution in [0.4, 0.5) is 0 Å². The standard InChI is InChI=1S/C18H22N2O2/c1-4-10-20(11-5-2)12-9-15-13-19-18-16(15)7-6-8-17(18)22-14(3)21/h4-8,13,19H,1-2,9-12H2,3H3. The second kappa shape index (κ2) is 7.61. The summed E-state index contributed by atoms with van der Waals surface area (Å²) in [4.78, 5) is 16.6. The van der Waals surface area contributed by atoms with E-state index in [2.05, 4.69) is 23.0 Å². The number of aromatic amines is 1. The van der Waals surface area contributed by atoms with Gasteiger partial charge in [-0.1, -0.05) is 24.3 Å². The fourth-order valence-electron chi connectivity index (χ4n) is 2.53. The molecule has 1 heterocycles. The molecule has 4 heteroatoms. The first kappa shape index (κ1) is 16.0. The Hall–Kier alpha value is -2.33. The first-order valence-electron chi connectivity index (χ1n) is 7.37. The molecule has 0 amide bonds. The summed E-state index contributed by atoms with van der Waals surface area (Å²) in [5.74, 6) is 0.261. The lowest BCUT2D eigenvalue weighted by molar-refractivity contribution is -0.131. The number of aromatic nitrogens is 1. The third-order valence-corrected chi connectivity index (χ3v) is 3.49. The topological polar surface area (TPSA) is 45.3 Å². The lowest BCUT2D eigenvalue weighted by Gasteiger charge is -2.18. The molecule has 0 fully saturated rings. The molecule has 1 N–H and O–H groups in total. The van der Waals surface area contributed by atoms with Crippen molar-refractivity contribution in [3.8, 4) is 5.75 Å². The molecule has 0 bridgehead atoms. The highest BCUT2D eigenvalue weighted by atomic mass is 16.5. The largest absolute Gasteiger partial charge is 0.424 e. The molecular formula is C18H22N2O2. The van der Waals surface area contributed by atoms with E-state index in [0.717, 1.165) is 37.0 Å². The van der Waals surface area contributed by atoms with Crippen molar-refractivity contribution in [1.82, 2.24) is 9.88 Å². The van der Waals surface area contributed by atoms with Gasteiger partial charge in [-0.2, -0.15) is 0 Å². The number of benzene rings is 1. The zero-order valence-electron chi connectivity index (χ0n) is 13.0. The summed E-state index contributed by atoms with van der Waals surface area (Å²) < 4.78 is 5.24. The minimum absolute atomic E-state index is 0.313. The Labute approximate surface area is 131 Å². The number of hydrogen-bond acceptors (Lipinski definition) is 3. The Morgan fingerprint density at radius 1 is 1.32 bits per heavy atom. The van der Waals surface area contributed by atoms with Crippen molar-refractivity contribution in [2.24, 2.45) is 0 Å². The highest BCUT2D eigenvalue weighted by Gasteiger charge is 2.10. The number of ether oxygens (including phenoxy) is 1. The van der Waals surface area contributed by atoms with Gasteiger partial charge in [0.15, 0.2) is 5.75 Å². The van der Waals surface area contributed by atoms with Gasteiger partial charge in [0, 0.05) is 38.1 Å². The van der Waals surface area contributed by atoms with Crippen LogP contribution in [0.5, 0.6) is 5.75 Å². The monoisotopic (exact) mass is 298 g/mol. The Bertz CT molecular complexity index is 663. The number of fused-ring (bicyclic) bond motifs is 1. The maximum atomic E-state index is 11.2. The van der Waals surface area contributed by atoms with Crippen molar-refractivity contribution in [2.45, 2.75) is 13.3 Å². The Kier molecular flexibility index (Phi) is 5.55. The zero-order chi connectivity index (χ0) is 15.9. The van der Waals surface area contributed by atoms with Crippen LogP contribution in [-0.4, -0.2) is 35.5 Å². The number of nitrogens with one attached hydrogen (secondary N) is 1. The molecule has 0 spiro atoms. The molecule has 0 saturated carbocycles. The van der Waals surface area contributed by atoms with Crippen LogP contribution in [0.3, 0.4) is 0 Å². The third kappa shape index (κ3) is 3.86. The number of rotatable bonds is 8. The van der Waals surface area contributed by atoms with E-state index in [9.17, 15) is 4.79 Å². The molecule has 1 aromatic heterocycles. The molecule has 0 radical (unpaired) electrons. The number of carbonyl (C=O) groups excluding carboxylic acids is 1. The van der Waals surface area contributed by atoms with E-state index in [1.165, 1.54) is 12.5 Å². The zero-order valence-corrected chi connectivity index (χ0v) is 13.0. The lowest BCUT2D eigenvalue weighted by atomic mass is 10.1. The molecule has 22 heavy (non-hydrogen) atoms. The van der Waals surface area contributed by atoms with Crippen molar-refractivity contribution in [3.05, 3.63) is 55.3 Å². The number of nitrogens with zero attached hydrogens (tertiary/aromatic N) is 1. The minimum Gasteiger partial charge on any atom is -0.424 e. The summed E-state index contributed by atoms with van der Waals surface area (Å²) in [6.45, 7) is 11.6. The first-order valence-corrected chi connectivity index (χ1v) is 7.37. The van der Waals surface area contributed by atoms with Crippen LogP contribution in [0.15, 0.2) is 49.7 Å². The van der Waals surface area contributed by atoms with Crippen LogP contribution in [0, 0.1) is 0 Å². The number of carbonyl (C=O) groups is 1. The van der Waals surface area contributed by atoms with Gasteiger partial charge in [-0.05, 0) is 18.1 Å². The highest BCUT2D eigenvalue weighted by molar-refractivity contribution is 5.90. The van der Waals surface area contributed by atoms with Crippen molar-refractivity contribution in [2.75, 3.05) is 19.6 Å². The Morgan fingerprint density at radius 2 is 2.05 bits per heavy atom. The Balaban J connectivity index is 2.16. The van der Waals surface area contributed by atoms with E-state index < -0.39 is 0 Å². The molecule has 116 valence electrons. The van der Waals surface area contributed by atoms with E-state index in [-0.39, 0.29) is 5.97 Å². The van der Waals surface area contributed by atoms with Crippen LogP contribution in [-0.2, 0) is 11.2 Å². The second-order valence-electron chi connectivity index (χ2n) is 5.17. The SMILES string of the molecule is C=CCN(CC=C)CCc1c[nH]c2c(OC(C)=O)cccc12. The van der Waals surface area contributed by atoms with Crippen molar-refractivity contribution < 1.29 is 9.53 Å². The summed E-state index contributed by atoms with van der Waals surface area (Å²) in [5.41, 5.74) is 2.08. The molecule has 4 nitrogen and oxygen atoms in total. The van der Waals surface area contributed by atoms with Crippen LogP contribution in [0.1, 0.15) is 12.5 Å². The smallest absolute Gasteiger partial charge is 0.308 e. The van der Waals surface area contributed by atoms with Crippen LogP contribution >= 0.6 is 0 Å². The number of esters is 1. The fraction of sp³-hybridized carbons (Fsp3) is 0.278. The summed E-state index contributed by atoms with van der Waals surface area (Å²) in [5, 5.41) is 1.09. The van der Waals surface area contributed by atoms with Crippen LogP contribution in [0.2, 0.25) is 0 Å². The van der Waals surface area contributed by atoms with Crippen LogP contribution in [0.25, 0.3) is 10.9 Å². The minimum atomic E-state index is -0.313. The highest BCUT2D eigenvalue weighted by Crippen LogP contribution is 2.27. The van der Waals surface area contributed by atoms with Crippen LogP contribution < -0.4 is 4.74 Å². The van der Waals surface area contributed by atoms with E-state index in [1.807, 2.05) is 30.5 Å². The predicted octanol–water partition coefficient (Wildman–Crippen LogP) is 3.31. The van der Waals surface area contributed by atoms with Gasteiger partial charge in [-0.15, -0.1) is 13.2 Å². The van der Waals surface area contributed by atoms with E-state index in [0.29, 0.717) is 5.75 Å². The Morgan fingerprint density at radius 3 is 2.68 bits per heavy atom. The fourth-order valence-corrected chi connectivity index (χ4v) is 2.53. The number of para-hydroxylation sites is 1. The summed E-state index contributed by atoms with van der Waals surface area (Å²) >= 11 is 0. The normalized spacial score (nSPS) is 10.8. The van der Waals surface area contributed by atoms with Gasteiger partial charge in [0.2, 0.25) is 0 Å². The molecule has 0 atom stereocenters. The summed E-state index contributed by atoms with van der Waals surface area (Å²) in [6.07, 6.45) is 6.69. The van der Waals surface area contributed by atoms with E-state index >= 15 is 0 Å². The van der Waals surface area contributed by atoms with Gasteiger partial charge in [0.1, 0.15) is 0 Å². The molecule has 2 aromatic rings. The average molecular weight is 298 g/mol. The van der Waals surface area contributed by atoms with E-state index in [4.69, 9.17) is 4.74 Å². The average Bonchev–Trinajstić information content (AvgIpc) is 2.89. The van der Waals surface area contributed by atoms with Crippen molar-refractivity contribution >= 4 is 16.9 Å². The first-order chi connectivity index (χ1) is 10.7. The maximum absolute atomic E-state index is 11.2. The van der Waals surface area contributed by atoms with Gasteiger partial charge >= 0.3 is 5.97 Å². The molecule has 1 aromatic carbocycles. The van der Waals surface area contributed by atoms with Crippen molar-refractivity contribution in [3.63, 3.8) is 0 Å². The van der Waals surface area contributed by atoms with Gasteiger partial charge in [0.25, 0.3) is 0 Å². The second-order valence-corrected chi connectivity index (χ2v) is 5.17. The van der Waals surface area contributed by atoms with Crippen molar-refractivity contribution in [1.29, 1.82) is 0 Å². The molecular weight excluding hydrogens is 276 g/mol. The number of H-pyrrole nitrogens is 1. The molecule has 0 aliphatic rings. The number of hydrogen-bond donors (Lipinski definition) is 1. The third-order valence-electron chi connectivity index (χ3n) is 3.49. The molecule has 2 rings (SSSR count). The van der Waals surface area contributed by atoms with Gasteiger partial charge in [-0.3, -0.25) is 9.69 Å². The van der Waals surface area contributed by atoms with E-state index in [1.54, 1.807) is 6.07 Å². The summed E-state index contributed by atoms with van der Waals surface area (Å²) in [7, 11) is 0. The van der Waals surface area contributed by atoms with Gasteiger partial charge in [0.05, 0.1) is 5.52 Å². The summed E-state index contributed by atoms with van der Waals surface area (Å²) in [6, 6.07) is 5.74. The van der Waals surface area contributed by atoms with Gasteiger partial charge < -0.3 is 9.72 Å². The quantitative estimate of drug-likeness (QED) is 0.462. The maximum Gasteiger partial charge on any atom is 0.308 e. The predicted molar refractivity (Wildman–Crippen MR) is 90.1 cm³/mol. The molecule has 0 saturated heterocycles. The molecule has 0 aliphatic carbocycles. The lowest BCUT2D eigenvalue weighted by Crippen LogP contribution is -2.26. The van der Waals surface area contributed by atoms with Gasteiger partial charge in [-0.25, -0.2) is 0 Å².